The Labute approximate surface area is 153 Å². The van der Waals surface area contributed by atoms with Crippen molar-refractivity contribution in [3.8, 4) is 0 Å². The van der Waals surface area contributed by atoms with E-state index < -0.39 is 22.0 Å². The SMILES string of the molecule is CCCCC(C(=O)NCc1ccc(C(=O)NO)cc1)N1CCCS1(=O)=O. The highest BCUT2D eigenvalue weighted by Crippen LogP contribution is 2.21. The molecule has 0 spiro atoms. The molecule has 8 nitrogen and oxygen atoms in total. The highest BCUT2D eigenvalue weighted by molar-refractivity contribution is 7.89. The molecule has 1 aromatic carbocycles. The van der Waals surface area contributed by atoms with Gasteiger partial charge in [-0.25, -0.2) is 13.9 Å². The van der Waals surface area contributed by atoms with E-state index in [9.17, 15) is 18.0 Å². The lowest BCUT2D eigenvalue weighted by Crippen LogP contribution is -2.47. The molecule has 0 bridgehead atoms. The Kier molecular flexibility index (Phi) is 7.13. The number of rotatable bonds is 8. The summed E-state index contributed by atoms with van der Waals surface area (Å²) in [6.45, 7) is 2.61. The number of amides is 2. The molecule has 1 aromatic rings. The fourth-order valence-electron chi connectivity index (χ4n) is 2.96. The van der Waals surface area contributed by atoms with Gasteiger partial charge in [-0.2, -0.15) is 4.31 Å². The number of nitrogens with one attached hydrogen (secondary N) is 2. The summed E-state index contributed by atoms with van der Waals surface area (Å²) < 4.78 is 25.7. The van der Waals surface area contributed by atoms with E-state index in [-0.39, 0.29) is 18.2 Å². The van der Waals surface area contributed by atoms with Gasteiger partial charge < -0.3 is 5.32 Å². The van der Waals surface area contributed by atoms with Crippen LogP contribution in [0.1, 0.15) is 48.5 Å². The van der Waals surface area contributed by atoms with E-state index in [0.29, 0.717) is 24.9 Å². The molecule has 0 aliphatic carbocycles. The number of sulfonamides is 1. The molecule has 9 heteroatoms. The summed E-state index contributed by atoms with van der Waals surface area (Å²) in [5.41, 5.74) is 2.62. The van der Waals surface area contributed by atoms with Crippen LogP contribution in [0.4, 0.5) is 0 Å². The molecule has 26 heavy (non-hydrogen) atoms. The van der Waals surface area contributed by atoms with Crippen molar-refractivity contribution in [3.63, 3.8) is 0 Å². The Morgan fingerprint density at radius 2 is 1.96 bits per heavy atom. The first kappa shape index (κ1) is 20.3. The topological polar surface area (TPSA) is 116 Å². The van der Waals surface area contributed by atoms with Crippen LogP contribution in [-0.2, 0) is 21.4 Å². The molecule has 144 valence electrons. The fourth-order valence-corrected chi connectivity index (χ4v) is 4.68. The lowest BCUT2D eigenvalue weighted by molar-refractivity contribution is -0.125. The predicted molar refractivity (Wildman–Crippen MR) is 96.0 cm³/mol. The zero-order valence-corrected chi connectivity index (χ0v) is 15.6. The second-order valence-corrected chi connectivity index (χ2v) is 8.34. The molecule has 0 saturated carbocycles. The van der Waals surface area contributed by atoms with E-state index in [0.717, 1.165) is 18.4 Å². The molecule has 1 unspecified atom stereocenters. The van der Waals surface area contributed by atoms with Crippen LogP contribution < -0.4 is 10.8 Å². The summed E-state index contributed by atoms with van der Waals surface area (Å²) in [6.07, 6.45) is 2.70. The van der Waals surface area contributed by atoms with Crippen molar-refractivity contribution in [3.05, 3.63) is 35.4 Å². The highest BCUT2D eigenvalue weighted by atomic mass is 32.2. The summed E-state index contributed by atoms with van der Waals surface area (Å²) in [6, 6.07) is 5.72. The van der Waals surface area contributed by atoms with Crippen molar-refractivity contribution in [2.24, 2.45) is 0 Å². The predicted octanol–water partition coefficient (Wildman–Crippen LogP) is 1.02. The van der Waals surface area contributed by atoms with Crippen molar-refractivity contribution in [2.45, 2.75) is 45.2 Å². The number of carbonyl (C=O) groups excluding carboxylic acids is 2. The third-order valence-electron chi connectivity index (χ3n) is 4.40. The van der Waals surface area contributed by atoms with Crippen molar-refractivity contribution < 1.29 is 23.2 Å². The Bertz CT molecular complexity index is 733. The Hall–Kier alpha value is -1.97. The maximum Gasteiger partial charge on any atom is 0.274 e. The molecule has 1 saturated heterocycles. The molecular formula is C17H25N3O5S. The van der Waals surface area contributed by atoms with Crippen LogP contribution in [0.2, 0.25) is 0 Å². The van der Waals surface area contributed by atoms with Gasteiger partial charge in [-0.1, -0.05) is 31.9 Å². The van der Waals surface area contributed by atoms with Crippen LogP contribution in [-0.4, -0.2) is 48.1 Å². The molecule has 1 heterocycles. The first-order chi connectivity index (χ1) is 12.4. The van der Waals surface area contributed by atoms with Crippen LogP contribution >= 0.6 is 0 Å². The average Bonchev–Trinajstić information content (AvgIpc) is 2.99. The maximum absolute atomic E-state index is 12.6. The number of nitrogens with zero attached hydrogens (tertiary/aromatic N) is 1. The van der Waals surface area contributed by atoms with E-state index in [1.807, 2.05) is 6.92 Å². The standard InChI is InChI=1S/C17H25N3O5S/c1-2-3-5-15(20-10-4-11-26(20,24)25)17(22)18-12-13-6-8-14(9-7-13)16(21)19-23/h6-9,15,23H,2-5,10-12H2,1H3,(H,18,22)(H,19,21). The molecule has 3 N–H and O–H groups in total. The van der Waals surface area contributed by atoms with Crippen molar-refractivity contribution >= 4 is 21.8 Å². The van der Waals surface area contributed by atoms with Gasteiger partial charge in [-0.15, -0.1) is 0 Å². The minimum Gasteiger partial charge on any atom is -0.351 e. The number of hydrogen-bond donors (Lipinski definition) is 3. The summed E-state index contributed by atoms with van der Waals surface area (Å²) in [5.74, 6) is -0.822. The van der Waals surface area contributed by atoms with Gasteiger partial charge in [0.15, 0.2) is 0 Å². The quantitative estimate of drug-likeness (QED) is 0.458. The van der Waals surface area contributed by atoms with Gasteiger partial charge >= 0.3 is 0 Å². The molecular weight excluding hydrogens is 358 g/mol. The number of carbonyl (C=O) groups is 2. The van der Waals surface area contributed by atoms with Crippen LogP contribution in [0.3, 0.4) is 0 Å². The van der Waals surface area contributed by atoms with Crippen LogP contribution in [0.5, 0.6) is 0 Å². The second kappa shape index (κ2) is 9.11. The van der Waals surface area contributed by atoms with Crippen LogP contribution in [0, 0.1) is 0 Å². The van der Waals surface area contributed by atoms with E-state index in [4.69, 9.17) is 5.21 Å². The molecule has 1 atom stereocenters. The Balaban J connectivity index is 2.01. The first-order valence-corrected chi connectivity index (χ1v) is 10.3. The lowest BCUT2D eigenvalue weighted by atomic mass is 10.1. The first-order valence-electron chi connectivity index (χ1n) is 8.69. The van der Waals surface area contributed by atoms with Gasteiger partial charge in [-0.05, 0) is 30.5 Å². The number of benzene rings is 1. The normalized spacial score (nSPS) is 17.6. The Morgan fingerprint density at radius 1 is 1.27 bits per heavy atom. The zero-order valence-electron chi connectivity index (χ0n) is 14.8. The average molecular weight is 383 g/mol. The summed E-state index contributed by atoms with van der Waals surface area (Å²) >= 11 is 0. The summed E-state index contributed by atoms with van der Waals surface area (Å²) in [5, 5.41) is 11.4. The fraction of sp³-hybridized carbons (Fsp3) is 0.529. The molecule has 1 fully saturated rings. The lowest BCUT2D eigenvalue weighted by Gasteiger charge is -2.25. The number of hydrogen-bond acceptors (Lipinski definition) is 5. The summed E-state index contributed by atoms with van der Waals surface area (Å²) in [4.78, 5) is 23.9. The van der Waals surface area contributed by atoms with Gasteiger partial charge in [-0.3, -0.25) is 14.8 Å². The van der Waals surface area contributed by atoms with Gasteiger partial charge in [0.1, 0.15) is 6.04 Å². The number of hydroxylamine groups is 1. The van der Waals surface area contributed by atoms with E-state index in [1.165, 1.54) is 16.4 Å². The third-order valence-corrected chi connectivity index (χ3v) is 6.36. The molecule has 0 aromatic heterocycles. The zero-order chi connectivity index (χ0) is 19.2. The van der Waals surface area contributed by atoms with E-state index in [1.54, 1.807) is 17.6 Å². The minimum atomic E-state index is -3.36. The molecule has 0 radical (unpaired) electrons. The van der Waals surface area contributed by atoms with Crippen LogP contribution in [0.15, 0.2) is 24.3 Å². The van der Waals surface area contributed by atoms with Crippen molar-refractivity contribution in [1.29, 1.82) is 0 Å². The van der Waals surface area contributed by atoms with Crippen LogP contribution in [0.25, 0.3) is 0 Å². The third kappa shape index (κ3) is 5.03. The maximum atomic E-state index is 12.6. The Morgan fingerprint density at radius 3 is 2.50 bits per heavy atom. The van der Waals surface area contributed by atoms with Gasteiger partial charge in [0, 0.05) is 18.7 Å². The van der Waals surface area contributed by atoms with E-state index in [2.05, 4.69) is 5.32 Å². The minimum absolute atomic E-state index is 0.0945. The molecule has 1 aliphatic rings. The molecule has 2 rings (SSSR count). The molecule has 1 aliphatic heterocycles. The smallest absolute Gasteiger partial charge is 0.274 e. The molecule has 2 amide bonds. The second-order valence-electron chi connectivity index (χ2n) is 6.29. The van der Waals surface area contributed by atoms with Gasteiger partial charge in [0.05, 0.1) is 5.75 Å². The van der Waals surface area contributed by atoms with E-state index >= 15 is 0 Å². The largest absolute Gasteiger partial charge is 0.351 e. The van der Waals surface area contributed by atoms with Crippen molar-refractivity contribution in [2.75, 3.05) is 12.3 Å². The summed E-state index contributed by atoms with van der Waals surface area (Å²) in [7, 11) is -3.36. The highest BCUT2D eigenvalue weighted by Gasteiger charge is 2.37. The monoisotopic (exact) mass is 383 g/mol. The van der Waals surface area contributed by atoms with Gasteiger partial charge in [0.25, 0.3) is 5.91 Å². The van der Waals surface area contributed by atoms with Crippen molar-refractivity contribution in [1.82, 2.24) is 15.1 Å². The number of unbranched alkanes of at least 4 members (excludes halogenated alkanes) is 1. The van der Waals surface area contributed by atoms with Gasteiger partial charge in [0.2, 0.25) is 15.9 Å².